The van der Waals surface area contributed by atoms with Gasteiger partial charge in [-0.05, 0) is 53.5 Å². The molecule has 0 aromatic carbocycles. The molecule has 160 valence electrons. The fourth-order valence-electron chi connectivity index (χ4n) is 1.98. The number of esters is 1. The molecule has 0 fully saturated rings. The van der Waals surface area contributed by atoms with E-state index in [2.05, 4.69) is 20.7 Å². The lowest BCUT2D eigenvalue weighted by atomic mass is 10.1. The molecule has 0 unspecified atom stereocenters. The number of nitrogens with zero attached hydrogens (tertiary/aromatic N) is 3. The molecular formula is C17H31N5O6. The molecule has 0 saturated heterocycles. The van der Waals surface area contributed by atoms with Gasteiger partial charge in [0.15, 0.2) is 0 Å². The molecule has 11 heteroatoms. The molecule has 0 aliphatic heterocycles. The van der Waals surface area contributed by atoms with Crippen LogP contribution >= 0.6 is 0 Å². The zero-order valence-corrected chi connectivity index (χ0v) is 17.3. The lowest BCUT2D eigenvalue weighted by molar-refractivity contribution is -0.154. The summed E-state index contributed by atoms with van der Waals surface area (Å²) in [6.45, 7) is 9.73. The fraction of sp³-hybridized carbons (Fsp3) is 0.824. The summed E-state index contributed by atoms with van der Waals surface area (Å²) in [6.07, 6.45) is -1.90. The lowest BCUT2D eigenvalue weighted by Gasteiger charge is -2.25. The van der Waals surface area contributed by atoms with Gasteiger partial charge in [0.05, 0.1) is 6.10 Å². The van der Waals surface area contributed by atoms with Crippen LogP contribution in [0.15, 0.2) is 5.11 Å². The minimum absolute atomic E-state index is 0.0380. The second-order valence-corrected chi connectivity index (χ2v) is 8.14. The maximum atomic E-state index is 12.4. The summed E-state index contributed by atoms with van der Waals surface area (Å²) in [7, 11) is 0. The van der Waals surface area contributed by atoms with Crippen molar-refractivity contribution in [2.24, 2.45) is 5.11 Å². The van der Waals surface area contributed by atoms with E-state index in [0.717, 1.165) is 0 Å². The van der Waals surface area contributed by atoms with Gasteiger partial charge >= 0.3 is 12.1 Å². The Morgan fingerprint density at radius 2 is 1.68 bits per heavy atom. The highest BCUT2D eigenvalue weighted by Gasteiger charge is 2.27. The lowest BCUT2D eigenvalue weighted by Crippen LogP contribution is -2.50. The van der Waals surface area contributed by atoms with Crippen LogP contribution < -0.4 is 10.6 Å². The molecular weight excluding hydrogens is 370 g/mol. The van der Waals surface area contributed by atoms with Crippen molar-refractivity contribution in [3.8, 4) is 0 Å². The van der Waals surface area contributed by atoms with E-state index in [-0.39, 0.29) is 19.4 Å². The largest absolute Gasteiger partial charge is 0.459 e. The number of ether oxygens (including phenoxy) is 2. The van der Waals surface area contributed by atoms with E-state index in [9.17, 15) is 19.5 Å². The van der Waals surface area contributed by atoms with E-state index in [4.69, 9.17) is 15.0 Å². The molecule has 0 aliphatic rings. The molecule has 0 aromatic rings. The molecule has 0 radical (unpaired) electrons. The molecule has 3 N–H and O–H groups in total. The van der Waals surface area contributed by atoms with Crippen molar-refractivity contribution in [1.82, 2.24) is 10.6 Å². The molecule has 0 spiro atoms. The highest BCUT2D eigenvalue weighted by Crippen LogP contribution is 2.10. The summed E-state index contributed by atoms with van der Waals surface area (Å²) in [6, 6.07) is -1.15. The third-order valence-corrected chi connectivity index (χ3v) is 2.97. The van der Waals surface area contributed by atoms with Crippen molar-refractivity contribution in [1.29, 1.82) is 0 Å². The normalized spacial score (nSPS) is 13.5. The number of azide groups is 1. The Morgan fingerprint density at radius 3 is 2.18 bits per heavy atom. The van der Waals surface area contributed by atoms with E-state index < -0.39 is 47.9 Å². The summed E-state index contributed by atoms with van der Waals surface area (Å²) >= 11 is 0. The number of aliphatic hydroxyl groups excluding tert-OH is 1. The Balaban J connectivity index is 4.93. The standard InChI is InChI=1S/C17H31N5O6/c1-16(2,3)27-13(24)10-19-14(25)12(9-11(23)7-8-20-22-18)21-15(26)28-17(4,5)6/h11-12,23H,7-10H2,1-6H3,(H,19,25)(H,21,26)/t11-,12-/m1/s1. The second-order valence-electron chi connectivity index (χ2n) is 8.14. The number of hydrogen-bond donors (Lipinski definition) is 3. The summed E-state index contributed by atoms with van der Waals surface area (Å²) < 4.78 is 10.2. The maximum absolute atomic E-state index is 12.4. The molecule has 28 heavy (non-hydrogen) atoms. The summed E-state index contributed by atoms with van der Waals surface area (Å²) in [5.74, 6) is -1.32. The Hall–Kier alpha value is -2.52. The van der Waals surface area contributed by atoms with Gasteiger partial charge in [-0.25, -0.2) is 4.79 Å². The minimum Gasteiger partial charge on any atom is -0.459 e. The zero-order valence-electron chi connectivity index (χ0n) is 17.3. The number of hydrogen-bond acceptors (Lipinski definition) is 7. The van der Waals surface area contributed by atoms with Crippen molar-refractivity contribution in [2.75, 3.05) is 13.1 Å². The molecule has 0 bridgehead atoms. The van der Waals surface area contributed by atoms with Crippen LogP contribution in [-0.2, 0) is 19.1 Å². The van der Waals surface area contributed by atoms with Gasteiger partial charge in [0, 0.05) is 17.9 Å². The van der Waals surface area contributed by atoms with Crippen molar-refractivity contribution in [2.45, 2.75) is 77.7 Å². The second kappa shape index (κ2) is 11.4. The summed E-state index contributed by atoms with van der Waals surface area (Å²) in [5, 5.41) is 18.1. The Labute approximate surface area is 164 Å². The molecule has 11 nitrogen and oxygen atoms in total. The molecule has 0 heterocycles. The molecule has 2 atom stereocenters. The van der Waals surface area contributed by atoms with Crippen LogP contribution in [0, 0.1) is 0 Å². The Morgan fingerprint density at radius 1 is 1.11 bits per heavy atom. The minimum atomic E-state index is -1.15. The van der Waals surface area contributed by atoms with Crippen molar-refractivity contribution in [3.63, 3.8) is 0 Å². The molecule has 0 saturated carbocycles. The topological polar surface area (TPSA) is 163 Å². The highest BCUT2D eigenvalue weighted by molar-refractivity contribution is 5.88. The van der Waals surface area contributed by atoms with Gasteiger partial charge in [0.2, 0.25) is 5.91 Å². The summed E-state index contributed by atoms with van der Waals surface area (Å²) in [5.41, 5.74) is 6.80. The van der Waals surface area contributed by atoms with Gasteiger partial charge in [0.1, 0.15) is 23.8 Å². The van der Waals surface area contributed by atoms with Crippen LogP contribution in [0.25, 0.3) is 10.4 Å². The van der Waals surface area contributed by atoms with Crippen LogP contribution in [-0.4, -0.2) is 59.5 Å². The number of carbonyl (C=O) groups is 3. The van der Waals surface area contributed by atoms with E-state index in [0.29, 0.717) is 0 Å². The molecule has 2 amide bonds. The molecule has 0 aromatic heterocycles. The summed E-state index contributed by atoms with van der Waals surface area (Å²) in [4.78, 5) is 38.7. The van der Waals surface area contributed by atoms with Crippen molar-refractivity contribution >= 4 is 18.0 Å². The van der Waals surface area contributed by atoms with E-state index in [1.54, 1.807) is 41.5 Å². The average Bonchev–Trinajstić information content (AvgIpc) is 2.48. The van der Waals surface area contributed by atoms with Crippen molar-refractivity contribution in [3.05, 3.63) is 10.4 Å². The monoisotopic (exact) mass is 401 g/mol. The number of aliphatic hydroxyl groups is 1. The van der Waals surface area contributed by atoms with Gasteiger partial charge in [-0.15, -0.1) is 0 Å². The van der Waals surface area contributed by atoms with Gasteiger partial charge < -0.3 is 25.2 Å². The number of alkyl carbamates (subject to hydrolysis) is 1. The number of carbonyl (C=O) groups excluding carboxylic acids is 3. The zero-order chi connectivity index (χ0) is 22.0. The van der Waals surface area contributed by atoms with Crippen molar-refractivity contribution < 1.29 is 29.0 Å². The first kappa shape index (κ1) is 25.5. The predicted octanol–water partition coefficient (Wildman–Crippen LogP) is 1.79. The Kier molecular flexibility index (Phi) is 10.3. The van der Waals surface area contributed by atoms with Crippen LogP contribution in [0.4, 0.5) is 4.79 Å². The number of amides is 2. The SMILES string of the molecule is CC(C)(C)OC(=O)CNC(=O)[C@@H](C[C@H](O)CCN=[N+]=[N-])NC(=O)OC(C)(C)C. The van der Waals surface area contributed by atoms with Gasteiger partial charge in [-0.1, -0.05) is 5.11 Å². The van der Waals surface area contributed by atoms with Crippen LogP contribution in [0.5, 0.6) is 0 Å². The first-order chi connectivity index (χ1) is 12.7. The smallest absolute Gasteiger partial charge is 0.408 e. The predicted molar refractivity (Wildman–Crippen MR) is 101 cm³/mol. The van der Waals surface area contributed by atoms with Gasteiger partial charge in [0.25, 0.3) is 0 Å². The third kappa shape index (κ3) is 13.7. The van der Waals surface area contributed by atoms with Gasteiger partial charge in [-0.2, -0.15) is 0 Å². The van der Waals surface area contributed by atoms with Crippen LogP contribution in [0.1, 0.15) is 54.4 Å². The third-order valence-electron chi connectivity index (χ3n) is 2.97. The Bertz CT molecular complexity index is 590. The van der Waals surface area contributed by atoms with Crippen LogP contribution in [0.2, 0.25) is 0 Å². The van der Waals surface area contributed by atoms with E-state index in [1.165, 1.54) is 0 Å². The first-order valence-electron chi connectivity index (χ1n) is 8.91. The quantitative estimate of drug-likeness (QED) is 0.231. The fourth-order valence-corrected chi connectivity index (χ4v) is 1.98. The first-order valence-corrected chi connectivity index (χ1v) is 8.91. The molecule has 0 aliphatic carbocycles. The number of rotatable bonds is 9. The van der Waals surface area contributed by atoms with E-state index in [1.807, 2.05) is 0 Å². The molecule has 0 rings (SSSR count). The number of nitrogens with one attached hydrogen (secondary N) is 2. The van der Waals surface area contributed by atoms with Gasteiger partial charge in [-0.3, -0.25) is 9.59 Å². The van der Waals surface area contributed by atoms with Crippen LogP contribution in [0.3, 0.4) is 0 Å². The average molecular weight is 401 g/mol. The highest BCUT2D eigenvalue weighted by atomic mass is 16.6. The maximum Gasteiger partial charge on any atom is 0.408 e. The van der Waals surface area contributed by atoms with E-state index >= 15 is 0 Å².